The molecule has 3 nitrogen and oxygen atoms in total. The lowest BCUT2D eigenvalue weighted by atomic mass is 9.87. The van der Waals surface area contributed by atoms with Crippen molar-refractivity contribution >= 4 is 10.0 Å². The lowest BCUT2D eigenvalue weighted by Crippen LogP contribution is -2.46. The minimum atomic E-state index is -3.01. The van der Waals surface area contributed by atoms with Gasteiger partial charge in [0, 0.05) is 12.6 Å². The van der Waals surface area contributed by atoms with Crippen LogP contribution in [-0.4, -0.2) is 31.6 Å². The Morgan fingerprint density at radius 2 is 1.69 bits per heavy atom. The van der Waals surface area contributed by atoms with Gasteiger partial charge < -0.3 is 0 Å². The number of hydrogen-bond donors (Lipinski definition) is 0. The minimum absolute atomic E-state index is 0.181. The molecule has 16 heavy (non-hydrogen) atoms. The van der Waals surface area contributed by atoms with Crippen LogP contribution in [0.15, 0.2) is 0 Å². The van der Waals surface area contributed by atoms with E-state index in [9.17, 15) is 8.42 Å². The Morgan fingerprint density at radius 3 is 2.06 bits per heavy atom. The van der Waals surface area contributed by atoms with Gasteiger partial charge in [-0.15, -0.1) is 0 Å². The molecule has 0 N–H and O–H groups in total. The van der Waals surface area contributed by atoms with Crippen LogP contribution in [0, 0.1) is 11.8 Å². The first-order valence-electron chi connectivity index (χ1n) is 6.29. The van der Waals surface area contributed by atoms with E-state index >= 15 is 0 Å². The molecule has 0 radical (unpaired) electrons. The van der Waals surface area contributed by atoms with Crippen molar-refractivity contribution in [1.29, 1.82) is 0 Å². The number of sulfonamides is 1. The summed E-state index contributed by atoms with van der Waals surface area (Å²) in [7, 11) is -3.01. The summed E-state index contributed by atoms with van der Waals surface area (Å²) >= 11 is 0. The van der Waals surface area contributed by atoms with Gasteiger partial charge in [-0.3, -0.25) is 0 Å². The fraction of sp³-hybridized carbons (Fsp3) is 1.00. The first-order valence-corrected chi connectivity index (χ1v) is 8.14. The summed E-state index contributed by atoms with van der Waals surface area (Å²) in [5.74, 6) is 1.10. The van der Waals surface area contributed by atoms with Gasteiger partial charge in [0.2, 0.25) is 10.0 Å². The van der Waals surface area contributed by atoms with Gasteiger partial charge in [0.05, 0.1) is 6.26 Å². The van der Waals surface area contributed by atoms with E-state index in [4.69, 9.17) is 0 Å². The molecule has 1 heterocycles. The minimum Gasteiger partial charge on any atom is -0.212 e. The monoisotopic (exact) mass is 249 g/mol. The zero-order valence-electron chi connectivity index (χ0n) is 11.5. The first-order chi connectivity index (χ1) is 7.32. The molecule has 0 amide bonds. The van der Waals surface area contributed by atoms with Crippen LogP contribution >= 0.6 is 0 Å². The van der Waals surface area contributed by atoms with Crippen LogP contribution in [0.5, 0.6) is 0 Å². The van der Waals surface area contributed by atoms with E-state index < -0.39 is 10.0 Å². The second-order valence-corrected chi connectivity index (χ2v) is 6.70. The summed E-state index contributed by atoms with van der Waals surface area (Å²) in [6.07, 6.45) is 3.47. The Hall–Kier alpha value is -0.0900. The SMILES string of the molecule is CC.CC(C)C1CCC(C)N(S(C)(=O)=O)C1. The molecule has 1 saturated heterocycles. The molecule has 98 valence electrons. The van der Waals surface area contributed by atoms with Gasteiger partial charge in [-0.2, -0.15) is 4.31 Å². The zero-order chi connectivity index (χ0) is 12.9. The summed E-state index contributed by atoms with van der Waals surface area (Å²) in [4.78, 5) is 0. The highest BCUT2D eigenvalue weighted by Crippen LogP contribution is 2.28. The molecule has 0 bridgehead atoms. The number of hydrogen-bond acceptors (Lipinski definition) is 2. The summed E-state index contributed by atoms with van der Waals surface area (Å²) < 4.78 is 24.6. The third kappa shape index (κ3) is 4.42. The highest BCUT2D eigenvalue weighted by atomic mass is 32.2. The van der Waals surface area contributed by atoms with E-state index in [1.165, 1.54) is 6.26 Å². The third-order valence-corrected chi connectivity index (χ3v) is 4.59. The van der Waals surface area contributed by atoms with E-state index in [0.29, 0.717) is 18.4 Å². The van der Waals surface area contributed by atoms with Crippen molar-refractivity contribution in [2.45, 2.75) is 53.5 Å². The Bertz CT molecular complexity index is 285. The van der Waals surface area contributed by atoms with E-state index in [0.717, 1.165) is 12.8 Å². The van der Waals surface area contributed by atoms with E-state index in [1.54, 1.807) is 4.31 Å². The van der Waals surface area contributed by atoms with Crippen LogP contribution in [0.3, 0.4) is 0 Å². The van der Waals surface area contributed by atoms with Crippen molar-refractivity contribution in [3.8, 4) is 0 Å². The van der Waals surface area contributed by atoms with Crippen molar-refractivity contribution in [1.82, 2.24) is 4.31 Å². The zero-order valence-corrected chi connectivity index (χ0v) is 12.3. The highest BCUT2D eigenvalue weighted by Gasteiger charge is 2.32. The summed E-state index contributed by atoms with van der Waals surface area (Å²) in [5, 5.41) is 0. The molecule has 0 aromatic rings. The van der Waals surface area contributed by atoms with Crippen LogP contribution in [0.1, 0.15) is 47.5 Å². The van der Waals surface area contributed by atoms with Crippen molar-refractivity contribution < 1.29 is 8.42 Å². The average molecular weight is 249 g/mol. The number of nitrogens with zero attached hydrogens (tertiary/aromatic N) is 1. The molecule has 1 fully saturated rings. The fourth-order valence-corrected chi connectivity index (χ4v) is 3.33. The molecule has 4 heteroatoms. The summed E-state index contributed by atoms with van der Waals surface area (Å²) in [6.45, 7) is 11.0. The third-order valence-electron chi connectivity index (χ3n) is 3.23. The summed E-state index contributed by atoms with van der Waals surface area (Å²) in [6, 6.07) is 0.181. The number of rotatable bonds is 2. The molecule has 1 rings (SSSR count). The van der Waals surface area contributed by atoms with E-state index in [1.807, 2.05) is 20.8 Å². The Labute approximate surface area is 101 Å². The fourth-order valence-electron chi connectivity index (χ4n) is 2.11. The van der Waals surface area contributed by atoms with Crippen LogP contribution in [-0.2, 0) is 10.0 Å². The molecule has 1 aliphatic heterocycles. The van der Waals surface area contributed by atoms with Crippen molar-refractivity contribution in [2.24, 2.45) is 11.8 Å². The van der Waals surface area contributed by atoms with E-state index in [2.05, 4.69) is 13.8 Å². The molecule has 2 unspecified atom stereocenters. The van der Waals surface area contributed by atoms with Gasteiger partial charge in [-0.25, -0.2) is 8.42 Å². The topological polar surface area (TPSA) is 37.4 Å². The molecule has 0 aromatic carbocycles. The smallest absolute Gasteiger partial charge is 0.211 e. The van der Waals surface area contributed by atoms with Crippen LogP contribution < -0.4 is 0 Å². The Kier molecular flexibility index (Phi) is 6.56. The van der Waals surface area contributed by atoms with Crippen LogP contribution in [0.4, 0.5) is 0 Å². The maximum atomic E-state index is 11.5. The standard InChI is InChI=1S/C10H21NO2S.C2H6/c1-8(2)10-6-5-9(3)11(7-10)14(4,12)13;1-2/h8-10H,5-7H2,1-4H3;1-2H3. The maximum absolute atomic E-state index is 11.5. The number of piperidine rings is 1. The average Bonchev–Trinajstić information content (AvgIpc) is 2.19. The predicted molar refractivity (Wildman–Crippen MR) is 69.9 cm³/mol. The van der Waals surface area contributed by atoms with Gasteiger partial charge >= 0.3 is 0 Å². The predicted octanol–water partition coefficient (Wildman–Crippen LogP) is 2.73. The Balaban J connectivity index is 0.00000106. The highest BCUT2D eigenvalue weighted by molar-refractivity contribution is 7.88. The Morgan fingerprint density at radius 1 is 1.19 bits per heavy atom. The largest absolute Gasteiger partial charge is 0.212 e. The molecule has 1 aliphatic rings. The van der Waals surface area contributed by atoms with Gasteiger partial charge in [-0.1, -0.05) is 27.7 Å². The molecular weight excluding hydrogens is 222 g/mol. The van der Waals surface area contributed by atoms with Gasteiger partial charge in [-0.05, 0) is 31.6 Å². The second-order valence-electron chi connectivity index (χ2n) is 4.76. The van der Waals surface area contributed by atoms with Gasteiger partial charge in [0.25, 0.3) is 0 Å². The van der Waals surface area contributed by atoms with Crippen LogP contribution in [0.2, 0.25) is 0 Å². The molecule has 0 aliphatic carbocycles. The molecular formula is C12H27NO2S. The molecule has 0 spiro atoms. The van der Waals surface area contributed by atoms with Crippen molar-refractivity contribution in [2.75, 3.05) is 12.8 Å². The van der Waals surface area contributed by atoms with Crippen LogP contribution in [0.25, 0.3) is 0 Å². The van der Waals surface area contributed by atoms with Crippen molar-refractivity contribution in [3.05, 3.63) is 0 Å². The lowest BCUT2D eigenvalue weighted by molar-refractivity contribution is 0.173. The van der Waals surface area contributed by atoms with Crippen molar-refractivity contribution in [3.63, 3.8) is 0 Å². The second kappa shape index (κ2) is 6.60. The summed E-state index contributed by atoms with van der Waals surface area (Å²) in [5.41, 5.74) is 0. The lowest BCUT2D eigenvalue weighted by Gasteiger charge is -2.37. The normalized spacial score (nSPS) is 27.4. The quantitative estimate of drug-likeness (QED) is 0.754. The molecule has 0 saturated carbocycles. The first kappa shape index (κ1) is 15.9. The molecule has 2 atom stereocenters. The maximum Gasteiger partial charge on any atom is 0.211 e. The molecule has 0 aromatic heterocycles. The van der Waals surface area contributed by atoms with Gasteiger partial charge in [0.1, 0.15) is 0 Å². The van der Waals surface area contributed by atoms with E-state index in [-0.39, 0.29) is 6.04 Å². The van der Waals surface area contributed by atoms with Gasteiger partial charge in [0.15, 0.2) is 0 Å².